The Labute approximate surface area is 295 Å². The third-order valence-corrected chi connectivity index (χ3v) is 9.47. The van der Waals surface area contributed by atoms with E-state index in [1.165, 1.54) is 0 Å². The predicted molar refractivity (Wildman–Crippen MR) is 200 cm³/mol. The number of benzene rings is 3. The number of hydrogen-bond donors (Lipinski definition) is 2. The zero-order valence-electron chi connectivity index (χ0n) is 29.0. The van der Waals surface area contributed by atoms with Crippen molar-refractivity contribution in [2.45, 2.75) is 59.7 Å². The molecule has 0 aliphatic carbocycles. The van der Waals surface area contributed by atoms with Crippen LogP contribution in [0.25, 0.3) is 32.8 Å². The summed E-state index contributed by atoms with van der Waals surface area (Å²) in [6, 6.07) is 20.5. The lowest BCUT2D eigenvalue weighted by atomic mass is 9.97. The van der Waals surface area contributed by atoms with Crippen LogP contribution in [0.15, 0.2) is 60.7 Å². The molecule has 5 aromatic rings. The molecule has 0 amide bonds. The molecule has 10 heteroatoms. The molecule has 2 aliphatic rings. The van der Waals surface area contributed by atoms with Gasteiger partial charge in [-0.15, -0.1) is 0 Å². The van der Waals surface area contributed by atoms with Crippen LogP contribution in [0.3, 0.4) is 0 Å². The number of ether oxygens (including phenoxy) is 3. The van der Waals surface area contributed by atoms with Crippen LogP contribution in [0.5, 0.6) is 5.75 Å². The summed E-state index contributed by atoms with van der Waals surface area (Å²) < 4.78 is 22.0. The number of carbonyl (C=O) groups is 1. The third kappa shape index (κ3) is 8.05. The molecule has 7 rings (SSSR count). The molecule has 1 fully saturated rings. The van der Waals surface area contributed by atoms with Crippen LogP contribution >= 0.6 is 0 Å². The number of aromatic carboxylic acids is 1. The van der Waals surface area contributed by atoms with E-state index < -0.39 is 5.97 Å². The first-order valence-corrected chi connectivity index (χ1v) is 17.6. The number of nitrogens with one attached hydrogen (secondary N) is 1. The van der Waals surface area contributed by atoms with Crippen molar-refractivity contribution in [3.8, 4) is 16.9 Å². The Morgan fingerprint density at radius 2 is 1.70 bits per heavy atom. The van der Waals surface area contributed by atoms with Gasteiger partial charge in [-0.1, -0.05) is 68.9 Å². The first kappa shape index (κ1) is 37.0. The molecule has 1 saturated heterocycles. The summed E-state index contributed by atoms with van der Waals surface area (Å²) in [4.78, 5) is 15.4. The van der Waals surface area contributed by atoms with Crippen molar-refractivity contribution in [3.05, 3.63) is 83.3 Å². The fourth-order valence-corrected chi connectivity index (χ4v) is 6.98. The topological polar surface area (TPSA) is 103 Å². The van der Waals surface area contributed by atoms with Gasteiger partial charge in [-0.3, -0.25) is 9.58 Å². The number of para-hydroxylation sites is 1. The van der Waals surface area contributed by atoms with E-state index in [1.54, 1.807) is 0 Å². The van der Waals surface area contributed by atoms with Gasteiger partial charge in [0.1, 0.15) is 11.4 Å². The maximum atomic E-state index is 13.0. The SMILES string of the molecule is C.CCNC.Cn1nc2c(c1CN1CCOCC1)-c1cccc3c(CCCOc4cccc5ccccc45)c(C(=O)O)n(c13)CCCCOC2. The smallest absolute Gasteiger partial charge is 0.352 e. The minimum absolute atomic E-state index is 0. The molecule has 50 heavy (non-hydrogen) atoms. The Balaban J connectivity index is 0.000000924. The van der Waals surface area contributed by atoms with E-state index >= 15 is 0 Å². The van der Waals surface area contributed by atoms with Crippen LogP contribution in [0.1, 0.15) is 61.1 Å². The van der Waals surface area contributed by atoms with E-state index in [2.05, 4.69) is 58.1 Å². The maximum absolute atomic E-state index is 13.0. The summed E-state index contributed by atoms with van der Waals surface area (Å²) in [6.45, 7) is 9.19. The van der Waals surface area contributed by atoms with Gasteiger partial charge in [0.25, 0.3) is 0 Å². The zero-order valence-corrected chi connectivity index (χ0v) is 29.0. The van der Waals surface area contributed by atoms with Crippen molar-refractivity contribution in [1.82, 2.24) is 24.6 Å². The third-order valence-electron chi connectivity index (χ3n) is 9.47. The molecular formula is C40H53N5O5. The number of carboxylic acid groups (broad SMARTS) is 1. The molecular weight excluding hydrogens is 630 g/mol. The van der Waals surface area contributed by atoms with Gasteiger partial charge in [0.15, 0.2) is 0 Å². The molecule has 3 aromatic carbocycles. The highest BCUT2D eigenvalue weighted by Crippen LogP contribution is 2.39. The maximum Gasteiger partial charge on any atom is 0.352 e. The van der Waals surface area contributed by atoms with E-state index in [0.717, 1.165) is 108 Å². The predicted octanol–water partition coefficient (Wildman–Crippen LogP) is 6.91. The van der Waals surface area contributed by atoms with Crippen LogP contribution in [0, 0.1) is 0 Å². The molecule has 10 nitrogen and oxygen atoms in total. The van der Waals surface area contributed by atoms with Crippen molar-refractivity contribution in [2.24, 2.45) is 7.05 Å². The second kappa shape index (κ2) is 17.6. The summed E-state index contributed by atoms with van der Waals surface area (Å²) in [5.41, 5.74) is 6.29. The molecule has 2 aliphatic heterocycles. The average Bonchev–Trinajstić information content (AvgIpc) is 3.60. The fraction of sp³-hybridized carbons (Fsp3) is 0.450. The van der Waals surface area contributed by atoms with Crippen LogP contribution in [-0.2, 0) is 42.6 Å². The number of hydrogen-bond acceptors (Lipinski definition) is 7. The number of aryl methyl sites for hydroxylation is 3. The molecule has 0 atom stereocenters. The van der Waals surface area contributed by atoms with Gasteiger partial charge < -0.3 is 29.2 Å². The van der Waals surface area contributed by atoms with Crippen molar-refractivity contribution in [2.75, 3.05) is 53.1 Å². The van der Waals surface area contributed by atoms with Gasteiger partial charge in [-0.25, -0.2) is 4.79 Å². The van der Waals surface area contributed by atoms with E-state index in [-0.39, 0.29) is 7.43 Å². The molecule has 0 unspecified atom stereocenters. The summed E-state index contributed by atoms with van der Waals surface area (Å²) in [6.07, 6.45) is 2.97. The number of morpholine rings is 1. The minimum Gasteiger partial charge on any atom is -0.493 e. The Bertz CT molecular complexity index is 1870. The average molecular weight is 684 g/mol. The van der Waals surface area contributed by atoms with Crippen LogP contribution in [0.2, 0.25) is 0 Å². The van der Waals surface area contributed by atoms with Crippen molar-refractivity contribution in [3.63, 3.8) is 0 Å². The zero-order chi connectivity index (χ0) is 34.2. The summed E-state index contributed by atoms with van der Waals surface area (Å²) in [5, 5.41) is 21.7. The molecule has 2 N–H and O–H groups in total. The number of rotatable bonds is 9. The van der Waals surface area contributed by atoms with E-state index in [1.807, 2.05) is 43.0 Å². The highest BCUT2D eigenvalue weighted by molar-refractivity contribution is 6.04. The van der Waals surface area contributed by atoms with Crippen molar-refractivity contribution < 1.29 is 24.1 Å². The normalized spacial score (nSPS) is 15.0. The lowest BCUT2D eigenvalue weighted by Crippen LogP contribution is -2.36. The van der Waals surface area contributed by atoms with Gasteiger partial charge in [0, 0.05) is 61.7 Å². The van der Waals surface area contributed by atoms with Crippen molar-refractivity contribution >= 4 is 27.6 Å². The van der Waals surface area contributed by atoms with Crippen LogP contribution in [0.4, 0.5) is 0 Å². The molecule has 2 aromatic heterocycles. The van der Waals surface area contributed by atoms with Crippen molar-refractivity contribution in [1.29, 1.82) is 0 Å². The molecule has 0 saturated carbocycles. The van der Waals surface area contributed by atoms with Gasteiger partial charge in [-0.05, 0) is 56.3 Å². The number of fused-ring (bicyclic) bond motifs is 3. The molecule has 0 bridgehead atoms. The van der Waals surface area contributed by atoms with Gasteiger partial charge >= 0.3 is 5.97 Å². The van der Waals surface area contributed by atoms with Gasteiger partial charge in [-0.2, -0.15) is 5.10 Å². The number of carboxylic acids is 1. The number of aromatic nitrogens is 3. The monoisotopic (exact) mass is 683 g/mol. The second-order valence-electron chi connectivity index (χ2n) is 12.7. The quantitative estimate of drug-likeness (QED) is 0.162. The highest BCUT2D eigenvalue weighted by Gasteiger charge is 2.28. The molecule has 0 radical (unpaired) electrons. The minimum atomic E-state index is -0.895. The lowest BCUT2D eigenvalue weighted by molar-refractivity contribution is 0.0332. The summed E-state index contributed by atoms with van der Waals surface area (Å²) in [7, 11) is 3.93. The van der Waals surface area contributed by atoms with Crippen LogP contribution in [-0.4, -0.2) is 83.4 Å². The summed E-state index contributed by atoms with van der Waals surface area (Å²) in [5.74, 6) is -0.0435. The van der Waals surface area contributed by atoms with Gasteiger partial charge in [0.2, 0.25) is 0 Å². The van der Waals surface area contributed by atoms with E-state index in [9.17, 15) is 9.90 Å². The lowest BCUT2D eigenvalue weighted by Gasteiger charge is -2.27. The Morgan fingerprint density at radius 3 is 2.48 bits per heavy atom. The van der Waals surface area contributed by atoms with Crippen LogP contribution < -0.4 is 10.1 Å². The van der Waals surface area contributed by atoms with Gasteiger partial charge in [0.05, 0.1) is 43.3 Å². The first-order valence-electron chi connectivity index (χ1n) is 17.6. The number of nitrogens with zero attached hydrogens (tertiary/aromatic N) is 4. The Kier molecular flexibility index (Phi) is 13.1. The van der Waals surface area contributed by atoms with E-state index in [0.29, 0.717) is 44.9 Å². The molecule has 4 heterocycles. The highest BCUT2D eigenvalue weighted by atomic mass is 16.5. The molecule has 268 valence electrons. The summed E-state index contributed by atoms with van der Waals surface area (Å²) >= 11 is 0. The first-order chi connectivity index (χ1) is 24.0. The largest absolute Gasteiger partial charge is 0.493 e. The fourth-order valence-electron chi connectivity index (χ4n) is 6.98. The molecule has 0 spiro atoms. The standard InChI is InChI=1S/C36H40N4O5.C3H9N.CH4/c1-38-31(23-39-17-21-43-22-18-39)33-29-13-7-12-27-28(14-8-20-45-32-15-6-10-25-9-2-3-11-26(25)32)35(36(41)42)40(34(27)29)16-4-5-19-44-24-30(33)37-38;1-3-4-2;/h2-3,6-7,9-13,15H,4-5,8,14,16-24H2,1H3,(H,41,42);4H,3H2,1-2H3;1H4. The Hall–Kier alpha value is -4.22. The Morgan fingerprint density at radius 1 is 0.960 bits per heavy atom. The second-order valence-corrected chi connectivity index (χ2v) is 12.7. The van der Waals surface area contributed by atoms with E-state index in [4.69, 9.17) is 19.3 Å².